The fourth-order valence-electron chi connectivity index (χ4n) is 1.41. The normalized spacial score (nSPS) is 14.1. The van der Waals surface area contributed by atoms with E-state index < -0.39 is 0 Å². The average molecular weight is 236 g/mol. The number of hydrogen-bond donors (Lipinski definition) is 2. The van der Waals surface area contributed by atoms with Crippen LogP contribution in [0, 0.1) is 5.92 Å². The molecule has 0 aliphatic rings. The smallest absolute Gasteiger partial charge is 0.220 e. The van der Waals surface area contributed by atoms with E-state index in [0.29, 0.717) is 12.8 Å². The Kier molecular flexibility index (Phi) is 5.63. The van der Waals surface area contributed by atoms with Gasteiger partial charge in [0.2, 0.25) is 5.91 Å². The Bertz CT molecular complexity index is 341. The molecule has 0 radical (unpaired) electrons. The molecule has 1 aromatic heterocycles. The summed E-state index contributed by atoms with van der Waals surface area (Å²) in [7, 11) is 0. The molecule has 0 saturated carbocycles. The van der Waals surface area contributed by atoms with Crippen molar-refractivity contribution in [3.8, 4) is 0 Å². The summed E-state index contributed by atoms with van der Waals surface area (Å²) in [6.07, 6.45) is 2.80. The molecule has 0 aliphatic carbocycles. The van der Waals surface area contributed by atoms with Gasteiger partial charge in [-0.25, -0.2) is 0 Å². The molecule has 0 aromatic carbocycles. The summed E-state index contributed by atoms with van der Waals surface area (Å²) in [5, 5.41) is 11.8. The second-order valence-electron chi connectivity index (χ2n) is 4.34. The molecular weight excluding hydrogens is 216 g/mol. The highest BCUT2D eigenvalue weighted by Gasteiger charge is 2.13. The number of aromatic nitrogens is 1. The van der Waals surface area contributed by atoms with Crippen LogP contribution in [-0.4, -0.2) is 28.6 Å². The molecule has 2 N–H and O–H groups in total. The van der Waals surface area contributed by atoms with Crippen molar-refractivity contribution in [3.05, 3.63) is 30.1 Å². The van der Waals surface area contributed by atoms with E-state index >= 15 is 0 Å². The number of aliphatic hydroxyl groups excluding tert-OH is 1. The molecule has 4 nitrogen and oxygen atoms in total. The lowest BCUT2D eigenvalue weighted by atomic mass is 10.0. The van der Waals surface area contributed by atoms with Gasteiger partial charge in [-0.1, -0.05) is 13.0 Å². The molecule has 0 fully saturated rings. The Morgan fingerprint density at radius 1 is 1.47 bits per heavy atom. The Balaban J connectivity index is 2.31. The molecule has 1 amide bonds. The molecule has 17 heavy (non-hydrogen) atoms. The number of nitrogens with zero attached hydrogens (tertiary/aromatic N) is 1. The van der Waals surface area contributed by atoms with E-state index in [2.05, 4.69) is 10.3 Å². The third-order valence-corrected chi connectivity index (χ3v) is 2.86. The molecular formula is C13H20N2O2. The predicted octanol–water partition coefficient (Wildman–Crippen LogP) is 1.15. The van der Waals surface area contributed by atoms with Gasteiger partial charge in [-0.3, -0.25) is 9.78 Å². The van der Waals surface area contributed by atoms with Crippen molar-refractivity contribution in [2.24, 2.45) is 5.92 Å². The Morgan fingerprint density at radius 2 is 2.24 bits per heavy atom. The van der Waals surface area contributed by atoms with Gasteiger partial charge in [0.25, 0.3) is 0 Å². The van der Waals surface area contributed by atoms with Gasteiger partial charge in [0.05, 0.1) is 0 Å². The van der Waals surface area contributed by atoms with Gasteiger partial charge in [0.1, 0.15) is 0 Å². The number of rotatable bonds is 6. The van der Waals surface area contributed by atoms with Gasteiger partial charge in [0.15, 0.2) is 0 Å². The molecule has 1 heterocycles. The zero-order valence-electron chi connectivity index (χ0n) is 10.4. The number of carbonyl (C=O) groups excluding carboxylic acids is 1. The van der Waals surface area contributed by atoms with Gasteiger partial charge >= 0.3 is 0 Å². The number of aliphatic hydroxyl groups is 1. The maximum Gasteiger partial charge on any atom is 0.220 e. The average Bonchev–Trinajstić information content (AvgIpc) is 2.36. The number of hydrogen-bond acceptors (Lipinski definition) is 3. The molecule has 4 heteroatoms. The monoisotopic (exact) mass is 236 g/mol. The molecule has 0 spiro atoms. The van der Waals surface area contributed by atoms with E-state index in [1.165, 1.54) is 0 Å². The van der Waals surface area contributed by atoms with Gasteiger partial charge in [-0.05, 0) is 31.4 Å². The first-order valence-corrected chi connectivity index (χ1v) is 5.93. The summed E-state index contributed by atoms with van der Waals surface area (Å²) in [6.45, 7) is 3.89. The molecule has 0 bridgehead atoms. The highest BCUT2D eigenvalue weighted by molar-refractivity contribution is 5.76. The van der Waals surface area contributed by atoms with Crippen LogP contribution in [0.4, 0.5) is 0 Å². The molecule has 0 saturated heterocycles. The van der Waals surface area contributed by atoms with Crippen molar-refractivity contribution in [1.29, 1.82) is 0 Å². The van der Waals surface area contributed by atoms with Crippen LogP contribution in [0.3, 0.4) is 0 Å². The minimum absolute atomic E-state index is 0.00320. The summed E-state index contributed by atoms with van der Waals surface area (Å²) in [6, 6.07) is 5.68. The first kappa shape index (κ1) is 13.6. The molecule has 94 valence electrons. The van der Waals surface area contributed by atoms with Crippen LogP contribution in [-0.2, 0) is 11.2 Å². The highest BCUT2D eigenvalue weighted by atomic mass is 16.3. The number of nitrogens with one attached hydrogen (secondary N) is 1. The second-order valence-corrected chi connectivity index (χ2v) is 4.34. The fraction of sp³-hybridized carbons (Fsp3) is 0.538. The maximum absolute atomic E-state index is 11.6. The van der Waals surface area contributed by atoms with Gasteiger partial charge < -0.3 is 10.4 Å². The molecule has 1 aromatic rings. The van der Waals surface area contributed by atoms with Crippen molar-refractivity contribution >= 4 is 5.91 Å². The standard InChI is InChI=1S/C13H20N2O2/c1-10(9-16)11(2)15-13(17)7-6-12-5-3-4-8-14-12/h3-5,8,10-11,16H,6-7,9H2,1-2H3,(H,15,17). The fourth-order valence-corrected chi connectivity index (χ4v) is 1.41. The van der Waals surface area contributed by atoms with Crippen molar-refractivity contribution in [2.75, 3.05) is 6.61 Å². The summed E-state index contributed by atoms with van der Waals surface area (Å²) in [4.78, 5) is 15.8. The van der Waals surface area contributed by atoms with Gasteiger partial charge in [-0.15, -0.1) is 0 Å². The Morgan fingerprint density at radius 3 is 2.82 bits per heavy atom. The lowest BCUT2D eigenvalue weighted by Gasteiger charge is -2.19. The van der Waals surface area contributed by atoms with E-state index in [1.807, 2.05) is 32.0 Å². The van der Waals surface area contributed by atoms with Crippen LogP contribution in [0.2, 0.25) is 0 Å². The molecule has 1 rings (SSSR count). The van der Waals surface area contributed by atoms with Crippen molar-refractivity contribution in [1.82, 2.24) is 10.3 Å². The topological polar surface area (TPSA) is 62.2 Å². The van der Waals surface area contributed by atoms with E-state index in [4.69, 9.17) is 5.11 Å². The Labute approximate surface area is 102 Å². The van der Waals surface area contributed by atoms with Crippen LogP contribution in [0.25, 0.3) is 0 Å². The van der Waals surface area contributed by atoms with Gasteiger partial charge in [0, 0.05) is 31.0 Å². The number of pyridine rings is 1. The maximum atomic E-state index is 11.6. The Hall–Kier alpha value is -1.42. The summed E-state index contributed by atoms with van der Waals surface area (Å²) < 4.78 is 0. The van der Waals surface area contributed by atoms with Crippen LogP contribution in [0.1, 0.15) is 26.0 Å². The highest BCUT2D eigenvalue weighted by Crippen LogP contribution is 2.02. The zero-order chi connectivity index (χ0) is 12.7. The molecule has 2 unspecified atom stereocenters. The quantitative estimate of drug-likeness (QED) is 0.778. The van der Waals surface area contributed by atoms with Crippen molar-refractivity contribution in [2.45, 2.75) is 32.7 Å². The number of carbonyl (C=O) groups is 1. The van der Waals surface area contributed by atoms with Crippen LogP contribution < -0.4 is 5.32 Å². The summed E-state index contributed by atoms with van der Waals surface area (Å²) in [5.74, 6) is 0.0808. The van der Waals surface area contributed by atoms with Crippen LogP contribution >= 0.6 is 0 Å². The minimum Gasteiger partial charge on any atom is -0.396 e. The SMILES string of the molecule is CC(CO)C(C)NC(=O)CCc1ccccn1. The van der Waals surface area contributed by atoms with E-state index in [0.717, 1.165) is 5.69 Å². The van der Waals surface area contributed by atoms with E-state index in [-0.39, 0.29) is 24.5 Å². The van der Waals surface area contributed by atoms with E-state index in [9.17, 15) is 4.79 Å². The molecule has 0 aliphatic heterocycles. The van der Waals surface area contributed by atoms with Gasteiger partial charge in [-0.2, -0.15) is 0 Å². The third kappa shape index (κ3) is 4.95. The van der Waals surface area contributed by atoms with Crippen LogP contribution in [0.15, 0.2) is 24.4 Å². The minimum atomic E-state index is -0.00349. The summed E-state index contributed by atoms with van der Waals surface area (Å²) in [5.41, 5.74) is 0.922. The third-order valence-electron chi connectivity index (χ3n) is 2.86. The summed E-state index contributed by atoms with van der Waals surface area (Å²) >= 11 is 0. The zero-order valence-corrected chi connectivity index (χ0v) is 10.4. The van der Waals surface area contributed by atoms with E-state index in [1.54, 1.807) is 6.20 Å². The van der Waals surface area contributed by atoms with Crippen molar-refractivity contribution in [3.63, 3.8) is 0 Å². The predicted molar refractivity (Wildman–Crippen MR) is 66.4 cm³/mol. The largest absolute Gasteiger partial charge is 0.396 e. The number of amides is 1. The first-order valence-electron chi connectivity index (χ1n) is 5.93. The van der Waals surface area contributed by atoms with Crippen LogP contribution in [0.5, 0.6) is 0 Å². The second kappa shape index (κ2) is 7.01. The first-order chi connectivity index (χ1) is 8.13. The van der Waals surface area contributed by atoms with Crippen molar-refractivity contribution < 1.29 is 9.90 Å². The number of aryl methyl sites for hydroxylation is 1. The molecule has 2 atom stereocenters. The lowest BCUT2D eigenvalue weighted by molar-refractivity contribution is -0.122. The lowest BCUT2D eigenvalue weighted by Crippen LogP contribution is -2.38.